The Labute approximate surface area is 106 Å². The fourth-order valence-electron chi connectivity index (χ4n) is 1.88. The zero-order chi connectivity index (χ0) is 12.7. The van der Waals surface area contributed by atoms with E-state index in [2.05, 4.69) is 0 Å². The molecule has 0 amide bonds. The Morgan fingerprint density at radius 3 is 2.24 bits per heavy atom. The van der Waals surface area contributed by atoms with E-state index in [1.165, 1.54) is 0 Å². The molecule has 0 aliphatic carbocycles. The summed E-state index contributed by atoms with van der Waals surface area (Å²) in [6.45, 7) is 3.24. The first kappa shape index (κ1) is 12.4. The van der Waals surface area contributed by atoms with Gasteiger partial charge in [0.2, 0.25) is 9.05 Å². The molecule has 2 nitrogen and oxygen atoms in total. The molecule has 0 aliphatic heterocycles. The van der Waals surface area contributed by atoms with Gasteiger partial charge in [0, 0.05) is 10.7 Å². The smallest absolute Gasteiger partial charge is 0.211 e. The normalized spacial score (nSPS) is 12.9. The lowest BCUT2D eigenvalue weighted by Crippen LogP contribution is -2.25. The van der Waals surface area contributed by atoms with Crippen molar-refractivity contribution in [1.29, 1.82) is 0 Å². The summed E-state index contributed by atoms with van der Waals surface area (Å²) in [5.74, 6) is 0. The van der Waals surface area contributed by atoms with Crippen LogP contribution < -0.4 is 0 Å². The topological polar surface area (TPSA) is 34.1 Å². The molecule has 17 heavy (non-hydrogen) atoms. The molecule has 2 aromatic rings. The van der Waals surface area contributed by atoms with Gasteiger partial charge in [0.25, 0.3) is 0 Å². The Kier molecular flexibility index (Phi) is 2.92. The maximum atomic E-state index is 11.7. The molecule has 0 aliphatic rings. The van der Waals surface area contributed by atoms with E-state index in [1.807, 2.05) is 42.5 Å². The molecule has 0 N–H and O–H groups in total. The molecule has 2 aromatic carbocycles. The van der Waals surface area contributed by atoms with E-state index >= 15 is 0 Å². The summed E-state index contributed by atoms with van der Waals surface area (Å²) < 4.78 is 22.2. The summed E-state index contributed by atoms with van der Waals surface area (Å²) in [7, 11) is 1.86. The summed E-state index contributed by atoms with van der Waals surface area (Å²) in [6.07, 6.45) is 0. The van der Waals surface area contributed by atoms with Crippen molar-refractivity contribution in [2.24, 2.45) is 0 Å². The highest BCUT2D eigenvalue weighted by atomic mass is 35.7. The minimum atomic E-state index is -3.67. The predicted octanol–water partition coefficient (Wildman–Crippen LogP) is 3.64. The van der Waals surface area contributed by atoms with E-state index in [-0.39, 0.29) is 0 Å². The number of hydrogen-bond acceptors (Lipinski definition) is 2. The predicted molar refractivity (Wildman–Crippen MR) is 71.7 cm³/mol. The highest BCUT2D eigenvalue weighted by Gasteiger charge is 2.35. The van der Waals surface area contributed by atoms with Crippen LogP contribution in [0, 0.1) is 0 Å². The fourth-order valence-corrected chi connectivity index (χ4v) is 2.57. The summed E-state index contributed by atoms with van der Waals surface area (Å²) in [5.41, 5.74) is 0.727. The van der Waals surface area contributed by atoms with Gasteiger partial charge in [-0.15, -0.1) is 0 Å². The molecule has 90 valence electrons. The molecule has 0 heterocycles. The first-order valence-corrected chi connectivity index (χ1v) is 7.57. The lowest BCUT2D eigenvalue weighted by atomic mass is 9.95. The quantitative estimate of drug-likeness (QED) is 0.779. The van der Waals surface area contributed by atoms with E-state index in [0.717, 1.165) is 16.3 Å². The van der Waals surface area contributed by atoms with Crippen LogP contribution in [0.1, 0.15) is 19.4 Å². The molecule has 0 bridgehead atoms. The zero-order valence-electron chi connectivity index (χ0n) is 9.64. The van der Waals surface area contributed by atoms with Crippen LogP contribution in [0.4, 0.5) is 0 Å². The van der Waals surface area contributed by atoms with E-state index in [9.17, 15) is 8.42 Å². The monoisotopic (exact) mass is 268 g/mol. The van der Waals surface area contributed by atoms with E-state index in [1.54, 1.807) is 13.8 Å². The SMILES string of the molecule is CC(C)(c1cccc2ccccc12)S(=O)(=O)Cl. The van der Waals surface area contributed by atoms with Crippen LogP contribution in [0.2, 0.25) is 0 Å². The molecule has 0 atom stereocenters. The van der Waals surface area contributed by atoms with Gasteiger partial charge in [-0.1, -0.05) is 42.5 Å². The molecule has 4 heteroatoms. The lowest BCUT2D eigenvalue weighted by Gasteiger charge is -2.23. The van der Waals surface area contributed by atoms with Crippen molar-refractivity contribution in [2.45, 2.75) is 18.6 Å². The summed E-state index contributed by atoms with van der Waals surface area (Å²) in [6, 6.07) is 13.3. The van der Waals surface area contributed by atoms with Crippen molar-refractivity contribution in [1.82, 2.24) is 0 Å². The average molecular weight is 269 g/mol. The molecular formula is C13H13ClO2S. The van der Waals surface area contributed by atoms with Crippen molar-refractivity contribution in [3.8, 4) is 0 Å². The van der Waals surface area contributed by atoms with Crippen molar-refractivity contribution < 1.29 is 8.42 Å². The molecule has 0 radical (unpaired) electrons. The summed E-state index contributed by atoms with van der Waals surface area (Å²) >= 11 is 0. The van der Waals surface area contributed by atoms with Crippen molar-refractivity contribution in [3.63, 3.8) is 0 Å². The average Bonchev–Trinajstić information content (AvgIpc) is 2.26. The number of hydrogen-bond donors (Lipinski definition) is 0. The van der Waals surface area contributed by atoms with E-state index in [0.29, 0.717) is 0 Å². The lowest BCUT2D eigenvalue weighted by molar-refractivity contribution is 0.572. The summed E-state index contributed by atoms with van der Waals surface area (Å²) in [4.78, 5) is 0. The molecule has 2 rings (SSSR count). The van der Waals surface area contributed by atoms with E-state index in [4.69, 9.17) is 10.7 Å². The summed E-state index contributed by atoms with van der Waals surface area (Å²) in [5, 5.41) is 1.93. The van der Waals surface area contributed by atoms with Crippen molar-refractivity contribution >= 4 is 30.5 Å². The third kappa shape index (κ3) is 2.05. The minimum Gasteiger partial charge on any atom is -0.211 e. The molecule has 0 spiro atoms. The number of halogens is 1. The van der Waals surface area contributed by atoms with Gasteiger partial charge in [-0.2, -0.15) is 0 Å². The molecule has 0 saturated carbocycles. The second kappa shape index (κ2) is 4.00. The zero-order valence-corrected chi connectivity index (χ0v) is 11.2. The Hall–Kier alpha value is -1.06. The molecule has 0 saturated heterocycles. The van der Waals surface area contributed by atoms with Crippen LogP contribution in [0.5, 0.6) is 0 Å². The largest absolute Gasteiger partial charge is 0.241 e. The van der Waals surface area contributed by atoms with Gasteiger partial charge < -0.3 is 0 Å². The number of fused-ring (bicyclic) bond motifs is 1. The highest BCUT2D eigenvalue weighted by molar-refractivity contribution is 8.14. The van der Waals surface area contributed by atoms with Gasteiger partial charge in [0.1, 0.15) is 4.75 Å². The first-order chi connectivity index (χ1) is 7.84. The molecule has 0 aromatic heterocycles. The maximum absolute atomic E-state index is 11.7. The first-order valence-electron chi connectivity index (χ1n) is 5.26. The number of rotatable bonds is 2. The van der Waals surface area contributed by atoms with Crippen LogP contribution in [0.25, 0.3) is 10.8 Å². The van der Waals surface area contributed by atoms with Gasteiger partial charge >= 0.3 is 0 Å². The number of benzene rings is 2. The molecule has 0 fully saturated rings. The van der Waals surface area contributed by atoms with Gasteiger partial charge in [0.15, 0.2) is 0 Å². The Bertz CT molecular complexity index is 655. The Balaban J connectivity index is 2.81. The molecular weight excluding hydrogens is 256 g/mol. The third-order valence-electron chi connectivity index (χ3n) is 3.05. The minimum absolute atomic E-state index is 0.727. The second-order valence-corrected chi connectivity index (χ2v) is 7.59. The van der Waals surface area contributed by atoms with E-state index < -0.39 is 13.8 Å². The van der Waals surface area contributed by atoms with Gasteiger partial charge in [-0.3, -0.25) is 0 Å². The molecule has 0 unspecified atom stereocenters. The third-order valence-corrected chi connectivity index (χ3v) is 5.64. The Morgan fingerprint density at radius 1 is 1.00 bits per heavy atom. The fraction of sp³-hybridized carbons (Fsp3) is 0.231. The van der Waals surface area contributed by atoms with Crippen LogP contribution in [-0.2, 0) is 13.8 Å². The highest BCUT2D eigenvalue weighted by Crippen LogP contribution is 2.36. The van der Waals surface area contributed by atoms with Gasteiger partial charge in [0.05, 0.1) is 0 Å². The Morgan fingerprint density at radius 2 is 1.59 bits per heavy atom. The van der Waals surface area contributed by atoms with Crippen molar-refractivity contribution in [3.05, 3.63) is 48.0 Å². The van der Waals surface area contributed by atoms with Crippen LogP contribution in [-0.4, -0.2) is 8.42 Å². The second-order valence-electron chi connectivity index (χ2n) is 4.47. The van der Waals surface area contributed by atoms with Crippen LogP contribution in [0.3, 0.4) is 0 Å². The van der Waals surface area contributed by atoms with Crippen LogP contribution >= 0.6 is 10.7 Å². The maximum Gasteiger partial charge on any atom is 0.241 e. The van der Waals surface area contributed by atoms with Crippen LogP contribution in [0.15, 0.2) is 42.5 Å². The standard InChI is InChI=1S/C13H13ClO2S/c1-13(2,17(14,15)16)12-9-5-7-10-6-3-4-8-11(10)12/h3-9H,1-2H3. The van der Waals surface area contributed by atoms with Gasteiger partial charge in [-0.05, 0) is 30.2 Å². The van der Waals surface area contributed by atoms with Crippen molar-refractivity contribution in [2.75, 3.05) is 0 Å². The van der Waals surface area contributed by atoms with Gasteiger partial charge in [-0.25, -0.2) is 8.42 Å².